The molecule has 96 valence electrons. The molecule has 0 N–H and O–H groups in total. The van der Waals surface area contributed by atoms with Gasteiger partial charge >= 0.3 is 6.18 Å². The van der Waals surface area contributed by atoms with Crippen LogP contribution in [0.5, 0.6) is 0 Å². The zero-order valence-corrected chi connectivity index (χ0v) is 10.9. The van der Waals surface area contributed by atoms with Crippen LogP contribution < -0.4 is 11.0 Å². The van der Waals surface area contributed by atoms with Gasteiger partial charge in [0, 0.05) is 6.20 Å². The van der Waals surface area contributed by atoms with Crippen LogP contribution in [0, 0.1) is 0 Å². The molecule has 2 radical (unpaired) electrons. The minimum absolute atomic E-state index is 0.0144. The Bertz CT molecular complexity index is 684. The highest BCUT2D eigenvalue weighted by molar-refractivity contribution is 9.10. The predicted molar refractivity (Wildman–Crippen MR) is 67.9 cm³/mol. The van der Waals surface area contributed by atoms with Gasteiger partial charge in [0.2, 0.25) is 0 Å². The van der Waals surface area contributed by atoms with E-state index in [1.807, 2.05) is 0 Å². The second kappa shape index (κ2) is 4.84. The molecule has 0 unspecified atom stereocenters. The lowest BCUT2D eigenvalue weighted by atomic mass is 10.00. The molecule has 0 spiro atoms. The average Bonchev–Trinajstić information content (AvgIpc) is 2.35. The summed E-state index contributed by atoms with van der Waals surface area (Å²) in [6.07, 6.45) is -3.30. The molecule has 2 aromatic rings. The molecular weight excluding hydrogens is 324 g/mol. The van der Waals surface area contributed by atoms with Crippen LogP contribution in [0.2, 0.25) is 0 Å². The van der Waals surface area contributed by atoms with Gasteiger partial charge in [0.25, 0.3) is 5.56 Å². The maximum atomic E-state index is 12.6. The minimum atomic E-state index is -4.48. The molecule has 0 saturated heterocycles. The minimum Gasteiger partial charge on any atom is -0.266 e. The van der Waals surface area contributed by atoms with E-state index in [1.54, 1.807) is 0 Å². The molecule has 19 heavy (non-hydrogen) atoms. The molecular formula is C11H5BBrF3N2O. The van der Waals surface area contributed by atoms with Crippen molar-refractivity contribution in [3.63, 3.8) is 0 Å². The molecule has 3 nitrogen and oxygen atoms in total. The number of rotatable bonds is 1. The Morgan fingerprint density at radius 2 is 2.00 bits per heavy atom. The first-order chi connectivity index (χ1) is 8.80. The van der Waals surface area contributed by atoms with E-state index >= 15 is 0 Å². The van der Waals surface area contributed by atoms with Gasteiger partial charge in [0.1, 0.15) is 7.85 Å². The second-order valence-electron chi connectivity index (χ2n) is 3.68. The lowest BCUT2D eigenvalue weighted by molar-refractivity contribution is -0.137. The first-order valence-electron chi connectivity index (χ1n) is 5.01. The number of alkyl halides is 3. The van der Waals surface area contributed by atoms with Gasteiger partial charge in [-0.1, -0.05) is 11.5 Å². The van der Waals surface area contributed by atoms with Crippen LogP contribution in [-0.4, -0.2) is 17.6 Å². The Labute approximate surface area is 115 Å². The van der Waals surface area contributed by atoms with Gasteiger partial charge in [-0.3, -0.25) is 4.79 Å². The second-order valence-corrected chi connectivity index (χ2v) is 4.47. The van der Waals surface area contributed by atoms with Crippen molar-refractivity contribution in [3.05, 3.63) is 50.9 Å². The van der Waals surface area contributed by atoms with Gasteiger partial charge in [-0.05, 0) is 34.1 Å². The summed E-state index contributed by atoms with van der Waals surface area (Å²) in [7, 11) is 5.46. The van der Waals surface area contributed by atoms with Crippen molar-refractivity contribution >= 4 is 29.2 Å². The van der Waals surface area contributed by atoms with Crippen molar-refractivity contribution in [1.29, 1.82) is 0 Å². The molecule has 0 atom stereocenters. The highest BCUT2D eigenvalue weighted by atomic mass is 79.9. The zero-order chi connectivity index (χ0) is 14.2. The van der Waals surface area contributed by atoms with Gasteiger partial charge in [0.15, 0.2) is 0 Å². The van der Waals surface area contributed by atoms with Crippen LogP contribution in [0.15, 0.2) is 39.7 Å². The number of hydrogen-bond acceptors (Lipinski definition) is 2. The number of benzene rings is 1. The zero-order valence-electron chi connectivity index (χ0n) is 9.28. The summed E-state index contributed by atoms with van der Waals surface area (Å²) in [6.45, 7) is 0. The summed E-state index contributed by atoms with van der Waals surface area (Å²) in [5.74, 6) is 0. The molecule has 0 aliphatic rings. The van der Waals surface area contributed by atoms with Crippen LogP contribution in [-0.2, 0) is 6.18 Å². The van der Waals surface area contributed by atoms with Gasteiger partial charge in [0.05, 0.1) is 15.7 Å². The van der Waals surface area contributed by atoms with E-state index in [0.717, 1.165) is 16.8 Å². The number of nitrogens with zero attached hydrogens (tertiary/aromatic N) is 2. The van der Waals surface area contributed by atoms with Crippen LogP contribution in [0.25, 0.3) is 5.69 Å². The normalized spacial score (nSPS) is 11.6. The number of aromatic nitrogens is 2. The topological polar surface area (TPSA) is 34.9 Å². The first kappa shape index (κ1) is 13.9. The van der Waals surface area contributed by atoms with Crippen LogP contribution in [0.3, 0.4) is 0 Å². The van der Waals surface area contributed by atoms with Crippen LogP contribution in [0.1, 0.15) is 5.56 Å². The van der Waals surface area contributed by atoms with Gasteiger partial charge < -0.3 is 0 Å². The molecule has 0 aliphatic heterocycles. The maximum Gasteiger partial charge on any atom is 0.416 e. The molecule has 0 fully saturated rings. The molecule has 0 amide bonds. The van der Waals surface area contributed by atoms with E-state index in [4.69, 9.17) is 7.85 Å². The molecule has 0 aliphatic carbocycles. The molecule has 8 heteroatoms. The molecule has 1 aromatic heterocycles. The summed E-state index contributed by atoms with van der Waals surface area (Å²) < 4.78 is 38.7. The quantitative estimate of drug-likeness (QED) is 0.748. The third-order valence-corrected chi connectivity index (χ3v) is 3.16. The Hall–Kier alpha value is -1.57. The van der Waals surface area contributed by atoms with E-state index in [2.05, 4.69) is 21.0 Å². The Morgan fingerprint density at radius 3 is 2.63 bits per heavy atom. The predicted octanol–water partition coefficient (Wildman–Crippen LogP) is 1.81. The van der Waals surface area contributed by atoms with Crippen molar-refractivity contribution in [2.24, 2.45) is 0 Å². The fourth-order valence-corrected chi connectivity index (χ4v) is 1.71. The smallest absolute Gasteiger partial charge is 0.266 e. The summed E-state index contributed by atoms with van der Waals surface area (Å²) in [5.41, 5.74) is -1.35. The third kappa shape index (κ3) is 2.73. The first-order valence-corrected chi connectivity index (χ1v) is 5.81. The Kier molecular flexibility index (Phi) is 3.53. The largest absolute Gasteiger partial charge is 0.416 e. The molecule has 0 bridgehead atoms. The summed E-state index contributed by atoms with van der Waals surface area (Å²) >= 11 is 2.96. The fourth-order valence-electron chi connectivity index (χ4n) is 1.44. The highest BCUT2D eigenvalue weighted by Crippen LogP contribution is 2.29. The summed E-state index contributed by atoms with van der Waals surface area (Å²) in [5, 5.41) is 3.71. The molecule has 1 aromatic carbocycles. The molecule has 2 rings (SSSR count). The third-order valence-electron chi connectivity index (χ3n) is 2.36. The highest BCUT2D eigenvalue weighted by Gasteiger charge is 2.30. The van der Waals surface area contributed by atoms with Gasteiger partial charge in [-0.25, -0.2) is 0 Å². The Balaban J connectivity index is 2.61. The van der Waals surface area contributed by atoms with Crippen molar-refractivity contribution in [1.82, 2.24) is 9.78 Å². The fraction of sp³-hybridized carbons (Fsp3) is 0.0909. The standard InChI is InChI=1S/C11H5BBrF3N2O/c12-8-5-17-18(10(19)9(8)13)7-3-1-2-6(4-7)11(14,15)16/h1-5H. The number of hydrogen-bond donors (Lipinski definition) is 0. The van der Waals surface area contributed by atoms with Crippen molar-refractivity contribution in [2.45, 2.75) is 6.18 Å². The summed E-state index contributed by atoms with van der Waals surface area (Å²) in [4.78, 5) is 11.8. The average molecular weight is 329 g/mol. The summed E-state index contributed by atoms with van der Waals surface area (Å²) in [6, 6.07) is 4.32. The van der Waals surface area contributed by atoms with E-state index < -0.39 is 17.3 Å². The van der Waals surface area contributed by atoms with E-state index in [0.29, 0.717) is 0 Å². The number of halogens is 4. The van der Waals surface area contributed by atoms with Crippen molar-refractivity contribution < 1.29 is 13.2 Å². The lowest BCUT2D eigenvalue weighted by Gasteiger charge is -2.10. The van der Waals surface area contributed by atoms with Gasteiger partial charge in [-0.15, -0.1) is 0 Å². The Morgan fingerprint density at radius 1 is 1.32 bits per heavy atom. The van der Waals surface area contributed by atoms with Crippen LogP contribution >= 0.6 is 15.9 Å². The van der Waals surface area contributed by atoms with E-state index in [1.165, 1.54) is 18.3 Å². The van der Waals surface area contributed by atoms with Crippen molar-refractivity contribution in [2.75, 3.05) is 0 Å². The van der Waals surface area contributed by atoms with E-state index in [9.17, 15) is 18.0 Å². The molecule has 1 heterocycles. The lowest BCUT2D eigenvalue weighted by Crippen LogP contribution is -2.28. The maximum absolute atomic E-state index is 12.6. The van der Waals surface area contributed by atoms with Crippen molar-refractivity contribution in [3.8, 4) is 5.69 Å². The monoisotopic (exact) mass is 328 g/mol. The van der Waals surface area contributed by atoms with Crippen LogP contribution in [0.4, 0.5) is 13.2 Å². The van der Waals surface area contributed by atoms with Gasteiger partial charge in [-0.2, -0.15) is 23.0 Å². The van der Waals surface area contributed by atoms with E-state index in [-0.39, 0.29) is 15.6 Å². The molecule has 0 saturated carbocycles. The SMILES string of the molecule is [B]c1cnn(-c2cccc(C(F)(F)F)c2)c(=O)c1Br.